The van der Waals surface area contributed by atoms with Crippen molar-refractivity contribution >= 4 is 0 Å². The lowest BCUT2D eigenvalue weighted by Crippen LogP contribution is -2.40. The molecule has 18 heavy (non-hydrogen) atoms. The van der Waals surface area contributed by atoms with Crippen molar-refractivity contribution in [3.05, 3.63) is 35.6 Å². The highest BCUT2D eigenvalue weighted by molar-refractivity contribution is 5.16. The molecule has 0 bridgehead atoms. The maximum absolute atomic E-state index is 12.9. The van der Waals surface area contributed by atoms with Crippen molar-refractivity contribution in [1.29, 1.82) is 0 Å². The molecule has 3 heteroatoms. The highest BCUT2D eigenvalue weighted by atomic mass is 19.1. The number of halogens is 1. The van der Waals surface area contributed by atoms with E-state index in [1.807, 2.05) is 12.1 Å². The van der Waals surface area contributed by atoms with Gasteiger partial charge in [0.2, 0.25) is 0 Å². The molecule has 1 N–H and O–H groups in total. The second-order valence-corrected chi connectivity index (χ2v) is 5.44. The van der Waals surface area contributed by atoms with Crippen LogP contribution in [0, 0.1) is 5.82 Å². The van der Waals surface area contributed by atoms with Crippen LogP contribution in [0.25, 0.3) is 0 Å². The van der Waals surface area contributed by atoms with Gasteiger partial charge < -0.3 is 5.32 Å². The molecule has 0 saturated carbocycles. The van der Waals surface area contributed by atoms with E-state index in [1.54, 1.807) is 12.1 Å². The van der Waals surface area contributed by atoms with E-state index in [0.29, 0.717) is 12.1 Å². The van der Waals surface area contributed by atoms with Gasteiger partial charge in [-0.1, -0.05) is 12.1 Å². The summed E-state index contributed by atoms with van der Waals surface area (Å²) in [6, 6.07) is 7.98. The van der Waals surface area contributed by atoms with Gasteiger partial charge in [-0.3, -0.25) is 4.90 Å². The third kappa shape index (κ3) is 3.79. The molecule has 2 nitrogen and oxygen atoms in total. The van der Waals surface area contributed by atoms with Gasteiger partial charge in [0.15, 0.2) is 0 Å². The molecule has 1 heterocycles. The van der Waals surface area contributed by atoms with Crippen LogP contribution in [0.1, 0.15) is 32.3 Å². The number of hydrogen-bond acceptors (Lipinski definition) is 2. The topological polar surface area (TPSA) is 15.3 Å². The number of rotatable bonds is 5. The largest absolute Gasteiger partial charge is 0.313 e. The first kappa shape index (κ1) is 13.5. The number of benzene rings is 1. The fourth-order valence-electron chi connectivity index (χ4n) is 2.48. The van der Waals surface area contributed by atoms with Crippen LogP contribution < -0.4 is 5.32 Å². The van der Waals surface area contributed by atoms with Crippen molar-refractivity contribution in [3.8, 4) is 0 Å². The molecule has 1 unspecified atom stereocenters. The highest BCUT2D eigenvalue weighted by Gasteiger charge is 2.19. The molecule has 1 fully saturated rings. The molecule has 0 radical (unpaired) electrons. The highest BCUT2D eigenvalue weighted by Crippen LogP contribution is 2.13. The Hall–Kier alpha value is -0.930. The van der Waals surface area contributed by atoms with E-state index >= 15 is 0 Å². The zero-order chi connectivity index (χ0) is 13.0. The minimum absolute atomic E-state index is 0.160. The molecule has 1 aromatic carbocycles. The van der Waals surface area contributed by atoms with E-state index in [-0.39, 0.29) is 5.82 Å². The maximum atomic E-state index is 12.9. The molecule has 2 rings (SSSR count). The Kier molecular flexibility index (Phi) is 4.72. The van der Waals surface area contributed by atoms with Crippen molar-refractivity contribution in [1.82, 2.24) is 10.2 Å². The van der Waals surface area contributed by atoms with Crippen LogP contribution in [-0.4, -0.2) is 30.1 Å². The molecule has 1 aliphatic heterocycles. The Morgan fingerprint density at radius 2 is 2.06 bits per heavy atom. The van der Waals surface area contributed by atoms with E-state index in [0.717, 1.165) is 19.6 Å². The first-order chi connectivity index (χ1) is 8.65. The smallest absolute Gasteiger partial charge is 0.123 e. The predicted octanol–water partition coefficient (Wildman–Crippen LogP) is 2.79. The fraction of sp³-hybridized carbons (Fsp3) is 0.600. The first-order valence-corrected chi connectivity index (χ1v) is 6.87. The summed E-state index contributed by atoms with van der Waals surface area (Å²) < 4.78 is 12.9. The molecular formula is C15H23FN2. The lowest BCUT2D eigenvalue weighted by Gasteiger charge is -2.29. The molecule has 0 amide bonds. The van der Waals surface area contributed by atoms with E-state index < -0.39 is 0 Å². The summed E-state index contributed by atoms with van der Waals surface area (Å²) in [5.41, 5.74) is 1.18. The van der Waals surface area contributed by atoms with Crippen LogP contribution in [0.5, 0.6) is 0 Å². The van der Waals surface area contributed by atoms with Gasteiger partial charge >= 0.3 is 0 Å². The molecule has 1 atom stereocenters. The second-order valence-electron chi connectivity index (χ2n) is 5.44. The zero-order valence-electron chi connectivity index (χ0n) is 11.3. The average Bonchev–Trinajstić information content (AvgIpc) is 2.84. The predicted molar refractivity (Wildman–Crippen MR) is 73.0 cm³/mol. The standard InChI is InChI=1S/C15H23FN2/c1-12(2)18(11-15-4-3-9-17-15)10-13-5-7-14(16)8-6-13/h5-8,12,15,17H,3-4,9-11H2,1-2H3. The lowest BCUT2D eigenvalue weighted by molar-refractivity contribution is 0.194. The minimum atomic E-state index is -0.160. The normalized spacial score (nSPS) is 19.9. The van der Waals surface area contributed by atoms with Crippen molar-refractivity contribution in [2.75, 3.05) is 13.1 Å². The first-order valence-electron chi connectivity index (χ1n) is 6.87. The van der Waals surface area contributed by atoms with Crippen molar-refractivity contribution < 1.29 is 4.39 Å². The van der Waals surface area contributed by atoms with Gasteiger partial charge in [0.05, 0.1) is 0 Å². The van der Waals surface area contributed by atoms with Gasteiger partial charge in [0, 0.05) is 25.2 Å². The molecule has 0 spiro atoms. The SMILES string of the molecule is CC(C)N(Cc1ccc(F)cc1)CC1CCCN1. The van der Waals surface area contributed by atoms with Crippen molar-refractivity contribution in [3.63, 3.8) is 0 Å². The molecule has 100 valence electrons. The summed E-state index contributed by atoms with van der Waals surface area (Å²) >= 11 is 0. The van der Waals surface area contributed by atoms with E-state index in [4.69, 9.17) is 0 Å². The lowest BCUT2D eigenvalue weighted by atomic mass is 10.1. The van der Waals surface area contributed by atoms with Crippen LogP contribution in [0.3, 0.4) is 0 Å². The average molecular weight is 250 g/mol. The zero-order valence-corrected chi connectivity index (χ0v) is 11.3. The Labute approximate surface area is 109 Å². The summed E-state index contributed by atoms with van der Waals surface area (Å²) in [6.07, 6.45) is 2.56. The van der Waals surface area contributed by atoms with Gasteiger partial charge in [-0.15, -0.1) is 0 Å². The van der Waals surface area contributed by atoms with Crippen LogP contribution >= 0.6 is 0 Å². The summed E-state index contributed by atoms with van der Waals surface area (Å²) in [4.78, 5) is 2.45. The Morgan fingerprint density at radius 3 is 2.61 bits per heavy atom. The maximum Gasteiger partial charge on any atom is 0.123 e. The molecule has 0 aromatic heterocycles. The summed E-state index contributed by atoms with van der Waals surface area (Å²) in [5, 5.41) is 3.54. The number of nitrogens with one attached hydrogen (secondary N) is 1. The summed E-state index contributed by atoms with van der Waals surface area (Å²) in [5.74, 6) is -0.160. The minimum Gasteiger partial charge on any atom is -0.313 e. The Morgan fingerprint density at radius 1 is 1.33 bits per heavy atom. The van der Waals surface area contributed by atoms with E-state index in [9.17, 15) is 4.39 Å². The van der Waals surface area contributed by atoms with Gasteiger partial charge in [-0.05, 0) is 50.9 Å². The monoisotopic (exact) mass is 250 g/mol. The molecular weight excluding hydrogens is 227 g/mol. The second kappa shape index (κ2) is 6.30. The third-order valence-corrected chi connectivity index (χ3v) is 3.65. The molecule has 0 aliphatic carbocycles. The quantitative estimate of drug-likeness (QED) is 0.864. The molecule has 1 saturated heterocycles. The van der Waals surface area contributed by atoms with Gasteiger partial charge in [-0.2, -0.15) is 0 Å². The Balaban J connectivity index is 1.94. The number of nitrogens with zero attached hydrogens (tertiary/aromatic N) is 1. The number of hydrogen-bond donors (Lipinski definition) is 1. The fourth-order valence-corrected chi connectivity index (χ4v) is 2.48. The van der Waals surface area contributed by atoms with Crippen molar-refractivity contribution in [2.24, 2.45) is 0 Å². The Bertz CT molecular complexity index is 355. The van der Waals surface area contributed by atoms with Gasteiger partial charge in [-0.25, -0.2) is 4.39 Å². The summed E-state index contributed by atoms with van der Waals surface area (Å²) in [6.45, 7) is 7.56. The van der Waals surface area contributed by atoms with Crippen LogP contribution in [0.2, 0.25) is 0 Å². The van der Waals surface area contributed by atoms with E-state index in [2.05, 4.69) is 24.1 Å². The van der Waals surface area contributed by atoms with Gasteiger partial charge in [0.25, 0.3) is 0 Å². The summed E-state index contributed by atoms with van der Waals surface area (Å²) in [7, 11) is 0. The van der Waals surface area contributed by atoms with Gasteiger partial charge in [0.1, 0.15) is 5.82 Å². The molecule has 1 aromatic rings. The van der Waals surface area contributed by atoms with Crippen molar-refractivity contribution in [2.45, 2.75) is 45.3 Å². The van der Waals surface area contributed by atoms with Crippen LogP contribution in [0.15, 0.2) is 24.3 Å². The molecule has 1 aliphatic rings. The van der Waals surface area contributed by atoms with Crippen LogP contribution in [-0.2, 0) is 6.54 Å². The third-order valence-electron chi connectivity index (χ3n) is 3.65. The van der Waals surface area contributed by atoms with E-state index in [1.165, 1.54) is 18.4 Å². The van der Waals surface area contributed by atoms with Crippen LogP contribution in [0.4, 0.5) is 4.39 Å².